The molecule has 0 amide bonds. The Labute approximate surface area is 87.6 Å². The fourth-order valence-electron chi connectivity index (χ4n) is 1.65. The number of aldehydes is 1. The third kappa shape index (κ3) is 1.54. The topological polar surface area (TPSA) is 47.8 Å². The van der Waals surface area contributed by atoms with Crippen LogP contribution < -0.4 is 0 Å². The SMILES string of the molecule is Cc1cnn(C)c1-c1cccnc1C=O. The molecular formula is C11H11N3O. The molecule has 0 unspecified atom stereocenters. The Hall–Kier alpha value is -1.97. The van der Waals surface area contributed by atoms with E-state index in [-0.39, 0.29) is 0 Å². The number of hydrogen-bond acceptors (Lipinski definition) is 3. The Morgan fingerprint density at radius 3 is 2.87 bits per heavy atom. The molecule has 0 aliphatic rings. The average molecular weight is 201 g/mol. The van der Waals surface area contributed by atoms with Gasteiger partial charge in [0.15, 0.2) is 6.29 Å². The molecule has 2 aromatic rings. The van der Waals surface area contributed by atoms with Crippen LogP contribution in [0.5, 0.6) is 0 Å². The lowest BCUT2D eigenvalue weighted by Gasteiger charge is -2.05. The number of rotatable bonds is 2. The Balaban J connectivity index is 2.68. The van der Waals surface area contributed by atoms with E-state index >= 15 is 0 Å². The summed E-state index contributed by atoms with van der Waals surface area (Å²) >= 11 is 0. The quantitative estimate of drug-likeness (QED) is 0.693. The second-order valence-corrected chi connectivity index (χ2v) is 3.35. The third-order valence-electron chi connectivity index (χ3n) is 2.33. The van der Waals surface area contributed by atoms with Gasteiger partial charge in [-0.3, -0.25) is 14.5 Å². The fraction of sp³-hybridized carbons (Fsp3) is 0.182. The summed E-state index contributed by atoms with van der Waals surface area (Å²) in [6, 6.07) is 3.69. The van der Waals surface area contributed by atoms with E-state index < -0.39 is 0 Å². The fourth-order valence-corrected chi connectivity index (χ4v) is 1.65. The Kier molecular flexibility index (Phi) is 2.33. The van der Waals surface area contributed by atoms with Crippen LogP contribution in [0, 0.1) is 6.92 Å². The molecule has 0 fully saturated rings. The molecule has 4 nitrogen and oxygen atoms in total. The third-order valence-corrected chi connectivity index (χ3v) is 2.33. The molecule has 0 saturated heterocycles. The Bertz CT molecular complexity index is 483. The van der Waals surface area contributed by atoms with Crippen molar-refractivity contribution in [2.24, 2.45) is 7.05 Å². The summed E-state index contributed by atoms with van der Waals surface area (Å²) in [4.78, 5) is 14.9. The van der Waals surface area contributed by atoms with E-state index in [9.17, 15) is 4.79 Å². The normalized spacial score (nSPS) is 10.3. The van der Waals surface area contributed by atoms with Crippen molar-refractivity contribution in [1.29, 1.82) is 0 Å². The number of carbonyl (C=O) groups is 1. The summed E-state index contributed by atoms with van der Waals surface area (Å²) in [6.45, 7) is 1.96. The highest BCUT2D eigenvalue weighted by molar-refractivity contribution is 5.84. The van der Waals surface area contributed by atoms with Gasteiger partial charge in [0.1, 0.15) is 5.69 Å². The van der Waals surface area contributed by atoms with Gasteiger partial charge in [-0.25, -0.2) is 0 Å². The van der Waals surface area contributed by atoms with Crippen molar-refractivity contribution in [3.63, 3.8) is 0 Å². The Morgan fingerprint density at radius 2 is 2.27 bits per heavy atom. The summed E-state index contributed by atoms with van der Waals surface area (Å²) in [5.41, 5.74) is 3.24. The van der Waals surface area contributed by atoms with Crippen LogP contribution in [0.1, 0.15) is 16.1 Å². The second-order valence-electron chi connectivity index (χ2n) is 3.35. The molecule has 0 aliphatic heterocycles. The first-order valence-corrected chi connectivity index (χ1v) is 4.63. The molecule has 0 aliphatic carbocycles. The minimum Gasteiger partial charge on any atom is -0.296 e. The van der Waals surface area contributed by atoms with E-state index in [2.05, 4.69) is 10.1 Å². The van der Waals surface area contributed by atoms with Crippen LogP contribution in [0.15, 0.2) is 24.5 Å². The molecule has 0 bridgehead atoms. The molecule has 4 heteroatoms. The number of pyridine rings is 1. The Morgan fingerprint density at radius 1 is 1.47 bits per heavy atom. The molecule has 0 N–H and O–H groups in total. The van der Waals surface area contributed by atoms with Gasteiger partial charge in [-0.1, -0.05) is 0 Å². The van der Waals surface area contributed by atoms with Gasteiger partial charge in [-0.05, 0) is 24.6 Å². The van der Waals surface area contributed by atoms with Gasteiger partial charge in [0.05, 0.1) is 11.9 Å². The monoisotopic (exact) mass is 201 g/mol. The minimum absolute atomic E-state index is 0.448. The van der Waals surface area contributed by atoms with Gasteiger partial charge in [-0.15, -0.1) is 0 Å². The van der Waals surface area contributed by atoms with Crippen LogP contribution in [-0.2, 0) is 7.05 Å². The maximum absolute atomic E-state index is 10.9. The number of nitrogens with zero attached hydrogens (tertiary/aromatic N) is 3. The van der Waals surface area contributed by atoms with Crippen LogP contribution in [0.25, 0.3) is 11.3 Å². The van der Waals surface area contributed by atoms with Crippen molar-refractivity contribution < 1.29 is 4.79 Å². The lowest BCUT2D eigenvalue weighted by molar-refractivity contribution is 0.111. The molecule has 76 valence electrons. The highest BCUT2D eigenvalue weighted by Gasteiger charge is 2.11. The smallest absolute Gasteiger partial charge is 0.169 e. The summed E-state index contributed by atoms with van der Waals surface area (Å²) < 4.78 is 1.75. The predicted octanol–water partition coefficient (Wildman–Crippen LogP) is 1.60. The number of carbonyl (C=O) groups excluding carboxylic acids is 1. The molecule has 2 heterocycles. The van der Waals surface area contributed by atoms with Crippen molar-refractivity contribution in [1.82, 2.24) is 14.8 Å². The summed E-state index contributed by atoms with van der Waals surface area (Å²) in [7, 11) is 1.85. The van der Waals surface area contributed by atoms with Crippen molar-refractivity contribution >= 4 is 6.29 Å². The van der Waals surface area contributed by atoms with Crippen molar-refractivity contribution in [2.45, 2.75) is 6.92 Å². The highest BCUT2D eigenvalue weighted by atomic mass is 16.1. The molecule has 0 radical (unpaired) electrons. The van der Waals surface area contributed by atoms with E-state index in [0.717, 1.165) is 23.1 Å². The van der Waals surface area contributed by atoms with Crippen molar-refractivity contribution in [3.8, 4) is 11.3 Å². The predicted molar refractivity (Wildman–Crippen MR) is 56.6 cm³/mol. The lowest BCUT2D eigenvalue weighted by atomic mass is 10.1. The van der Waals surface area contributed by atoms with Gasteiger partial charge in [0.2, 0.25) is 0 Å². The second kappa shape index (κ2) is 3.65. The number of aryl methyl sites for hydroxylation is 2. The van der Waals surface area contributed by atoms with Gasteiger partial charge >= 0.3 is 0 Å². The first-order valence-electron chi connectivity index (χ1n) is 4.63. The van der Waals surface area contributed by atoms with E-state index in [1.165, 1.54) is 0 Å². The van der Waals surface area contributed by atoms with Crippen LogP contribution in [0.4, 0.5) is 0 Å². The average Bonchev–Trinajstić information content (AvgIpc) is 2.59. The van der Waals surface area contributed by atoms with E-state index in [4.69, 9.17) is 0 Å². The summed E-state index contributed by atoms with van der Waals surface area (Å²) in [6.07, 6.45) is 4.15. The summed E-state index contributed by atoms with van der Waals surface area (Å²) in [5.74, 6) is 0. The van der Waals surface area contributed by atoms with E-state index in [1.807, 2.05) is 26.1 Å². The van der Waals surface area contributed by atoms with E-state index in [1.54, 1.807) is 17.1 Å². The standard InChI is InChI=1S/C11H11N3O/c1-8-6-13-14(2)11(8)9-4-3-5-12-10(9)7-15/h3-7H,1-2H3. The first kappa shape index (κ1) is 9.58. The van der Waals surface area contributed by atoms with E-state index in [0.29, 0.717) is 5.69 Å². The van der Waals surface area contributed by atoms with Crippen LogP contribution in [0.3, 0.4) is 0 Å². The zero-order valence-corrected chi connectivity index (χ0v) is 8.64. The summed E-state index contributed by atoms with van der Waals surface area (Å²) in [5, 5.41) is 4.14. The van der Waals surface area contributed by atoms with Gasteiger partial charge in [0.25, 0.3) is 0 Å². The lowest BCUT2D eigenvalue weighted by Crippen LogP contribution is -1.99. The zero-order valence-electron chi connectivity index (χ0n) is 8.64. The zero-order chi connectivity index (χ0) is 10.8. The maximum atomic E-state index is 10.9. The van der Waals surface area contributed by atoms with Crippen LogP contribution >= 0.6 is 0 Å². The number of aromatic nitrogens is 3. The van der Waals surface area contributed by atoms with Crippen molar-refractivity contribution in [3.05, 3.63) is 35.8 Å². The van der Waals surface area contributed by atoms with Crippen molar-refractivity contribution in [2.75, 3.05) is 0 Å². The first-order chi connectivity index (χ1) is 7.24. The molecule has 0 atom stereocenters. The van der Waals surface area contributed by atoms with Crippen LogP contribution in [0.2, 0.25) is 0 Å². The molecule has 2 rings (SSSR count). The maximum Gasteiger partial charge on any atom is 0.169 e. The number of hydrogen-bond donors (Lipinski definition) is 0. The molecule has 0 spiro atoms. The van der Waals surface area contributed by atoms with Gasteiger partial charge < -0.3 is 0 Å². The molecular weight excluding hydrogens is 190 g/mol. The molecule has 15 heavy (non-hydrogen) atoms. The van der Waals surface area contributed by atoms with Crippen LogP contribution in [-0.4, -0.2) is 21.1 Å². The van der Waals surface area contributed by atoms with Gasteiger partial charge in [-0.2, -0.15) is 5.10 Å². The minimum atomic E-state index is 0.448. The highest BCUT2D eigenvalue weighted by Crippen LogP contribution is 2.23. The molecule has 2 aromatic heterocycles. The molecule has 0 saturated carbocycles. The van der Waals surface area contributed by atoms with Gasteiger partial charge in [0, 0.05) is 18.8 Å². The molecule has 0 aromatic carbocycles. The largest absolute Gasteiger partial charge is 0.296 e.